The van der Waals surface area contributed by atoms with Gasteiger partial charge in [-0.05, 0) is 31.4 Å². The number of hydrogen-bond acceptors (Lipinski definition) is 5. The van der Waals surface area contributed by atoms with E-state index in [0.717, 1.165) is 43.4 Å². The molecular weight excluding hydrogens is 332 g/mol. The van der Waals surface area contributed by atoms with Gasteiger partial charge in [-0.1, -0.05) is 37.5 Å². The van der Waals surface area contributed by atoms with Crippen LogP contribution >= 0.6 is 0 Å². The predicted molar refractivity (Wildman–Crippen MR) is 97.9 cm³/mol. The van der Waals surface area contributed by atoms with E-state index in [1.54, 1.807) is 6.92 Å². The molecule has 0 spiro atoms. The van der Waals surface area contributed by atoms with Crippen molar-refractivity contribution >= 4 is 23.3 Å². The van der Waals surface area contributed by atoms with Crippen LogP contribution in [0.25, 0.3) is 0 Å². The highest BCUT2D eigenvalue weighted by Gasteiger charge is 2.38. The van der Waals surface area contributed by atoms with Gasteiger partial charge in [-0.25, -0.2) is 0 Å². The van der Waals surface area contributed by atoms with Gasteiger partial charge in [-0.3, -0.25) is 14.4 Å². The molecule has 1 aliphatic carbocycles. The number of esters is 1. The van der Waals surface area contributed by atoms with Crippen molar-refractivity contribution in [1.82, 2.24) is 4.90 Å². The Bertz CT molecular complexity index is 682. The first-order valence-electron chi connectivity index (χ1n) is 9.45. The molecule has 1 N–H and O–H groups in total. The number of Topliss-reactive ketones (excluding diaryl/α,β-unsaturated/α-hetero) is 1. The zero-order valence-corrected chi connectivity index (χ0v) is 15.2. The molecular formula is C20H26N2O4. The Morgan fingerprint density at radius 3 is 2.62 bits per heavy atom. The molecule has 6 nitrogen and oxygen atoms in total. The second kappa shape index (κ2) is 8.34. The number of nitrogens with one attached hydrogen (secondary N) is 1. The number of benzene rings is 1. The Kier molecular flexibility index (Phi) is 5.91. The number of anilines is 1. The lowest BCUT2D eigenvalue weighted by Gasteiger charge is -2.33. The second-order valence-electron chi connectivity index (χ2n) is 6.91. The fourth-order valence-electron chi connectivity index (χ4n) is 3.91. The monoisotopic (exact) mass is 358 g/mol. The van der Waals surface area contributed by atoms with Crippen molar-refractivity contribution in [3.63, 3.8) is 0 Å². The van der Waals surface area contributed by atoms with Crippen molar-refractivity contribution in [3.05, 3.63) is 29.8 Å². The number of hydrogen-bond donors (Lipinski definition) is 1. The summed E-state index contributed by atoms with van der Waals surface area (Å²) < 4.78 is 5.02. The van der Waals surface area contributed by atoms with Crippen molar-refractivity contribution in [3.8, 4) is 0 Å². The molecule has 1 heterocycles. The Labute approximate surface area is 153 Å². The van der Waals surface area contributed by atoms with Gasteiger partial charge in [-0.2, -0.15) is 0 Å². The molecule has 1 aromatic carbocycles. The first-order valence-corrected chi connectivity index (χ1v) is 9.45. The molecule has 0 aromatic heterocycles. The minimum Gasteiger partial charge on any atom is -0.465 e. The van der Waals surface area contributed by atoms with E-state index in [2.05, 4.69) is 5.32 Å². The van der Waals surface area contributed by atoms with Gasteiger partial charge in [0.2, 0.25) is 5.78 Å². The lowest BCUT2D eigenvalue weighted by Crippen LogP contribution is -2.49. The smallest absolute Gasteiger partial charge is 0.325 e. The Morgan fingerprint density at radius 2 is 1.88 bits per heavy atom. The fourth-order valence-corrected chi connectivity index (χ4v) is 3.91. The molecule has 140 valence electrons. The van der Waals surface area contributed by atoms with E-state index in [-0.39, 0.29) is 19.2 Å². The molecule has 1 saturated carbocycles. The zero-order valence-electron chi connectivity index (χ0n) is 15.2. The van der Waals surface area contributed by atoms with Gasteiger partial charge in [0.15, 0.2) is 0 Å². The number of ether oxygens (including phenoxy) is 1. The van der Waals surface area contributed by atoms with E-state index in [1.165, 1.54) is 4.90 Å². The molecule has 1 fully saturated rings. The van der Waals surface area contributed by atoms with Crippen molar-refractivity contribution in [2.24, 2.45) is 0 Å². The third-order valence-corrected chi connectivity index (χ3v) is 5.24. The average Bonchev–Trinajstić information content (AvgIpc) is 3.10. The fraction of sp³-hybridized carbons (Fsp3) is 0.550. The van der Waals surface area contributed by atoms with Gasteiger partial charge in [0.05, 0.1) is 12.5 Å². The SMILES string of the molecule is CCOC(=O)CN(C(=O)C(=O)C1CNc2ccccc21)C1CCCCC1. The third kappa shape index (κ3) is 3.89. The summed E-state index contributed by atoms with van der Waals surface area (Å²) in [4.78, 5) is 39.4. The molecule has 1 unspecified atom stereocenters. The van der Waals surface area contributed by atoms with Crippen LogP contribution in [0, 0.1) is 0 Å². The second-order valence-corrected chi connectivity index (χ2v) is 6.91. The Hall–Kier alpha value is -2.37. The van der Waals surface area contributed by atoms with Crippen LogP contribution < -0.4 is 5.32 Å². The number of fused-ring (bicyclic) bond motifs is 1. The van der Waals surface area contributed by atoms with Crippen LogP contribution in [0.1, 0.15) is 50.5 Å². The molecule has 0 radical (unpaired) electrons. The molecule has 0 bridgehead atoms. The van der Waals surface area contributed by atoms with Crippen molar-refractivity contribution in [2.75, 3.05) is 25.0 Å². The van der Waals surface area contributed by atoms with Crippen molar-refractivity contribution < 1.29 is 19.1 Å². The predicted octanol–water partition coefficient (Wildman–Crippen LogP) is 2.49. The highest BCUT2D eigenvalue weighted by molar-refractivity contribution is 6.39. The quantitative estimate of drug-likeness (QED) is 0.625. The van der Waals surface area contributed by atoms with Crippen LogP contribution in [0.4, 0.5) is 5.69 Å². The van der Waals surface area contributed by atoms with E-state index in [0.29, 0.717) is 6.54 Å². The third-order valence-electron chi connectivity index (χ3n) is 5.24. The van der Waals surface area contributed by atoms with E-state index in [4.69, 9.17) is 4.74 Å². The number of rotatable bonds is 6. The lowest BCUT2D eigenvalue weighted by atomic mass is 9.92. The average molecular weight is 358 g/mol. The normalized spacial score (nSPS) is 19.3. The van der Waals surface area contributed by atoms with Gasteiger partial charge >= 0.3 is 5.97 Å². The van der Waals surface area contributed by atoms with Gasteiger partial charge in [-0.15, -0.1) is 0 Å². The van der Waals surface area contributed by atoms with E-state index < -0.39 is 23.6 Å². The van der Waals surface area contributed by atoms with Gasteiger partial charge < -0.3 is 15.0 Å². The van der Waals surface area contributed by atoms with Crippen molar-refractivity contribution in [2.45, 2.75) is 51.0 Å². The maximum absolute atomic E-state index is 13.0. The summed E-state index contributed by atoms with van der Waals surface area (Å²) in [7, 11) is 0. The summed E-state index contributed by atoms with van der Waals surface area (Å²) in [5.74, 6) is -1.96. The molecule has 26 heavy (non-hydrogen) atoms. The van der Waals surface area contributed by atoms with Crippen LogP contribution in [0.2, 0.25) is 0 Å². The Morgan fingerprint density at radius 1 is 1.15 bits per heavy atom. The van der Waals surface area contributed by atoms with Crippen LogP contribution in [0.3, 0.4) is 0 Å². The molecule has 1 atom stereocenters. The summed E-state index contributed by atoms with van der Waals surface area (Å²) in [5, 5.41) is 3.18. The maximum Gasteiger partial charge on any atom is 0.325 e. The number of para-hydroxylation sites is 1. The van der Waals surface area contributed by atoms with E-state index in [9.17, 15) is 14.4 Å². The largest absolute Gasteiger partial charge is 0.465 e. The van der Waals surface area contributed by atoms with Crippen molar-refractivity contribution in [1.29, 1.82) is 0 Å². The molecule has 2 aliphatic rings. The highest BCUT2D eigenvalue weighted by Crippen LogP contribution is 2.32. The minimum absolute atomic E-state index is 0.0609. The minimum atomic E-state index is -0.562. The summed E-state index contributed by atoms with van der Waals surface area (Å²) in [6.07, 6.45) is 4.82. The molecule has 1 aromatic rings. The molecule has 1 aliphatic heterocycles. The van der Waals surface area contributed by atoms with Crippen LogP contribution in [-0.2, 0) is 19.1 Å². The first kappa shape index (κ1) is 18.4. The van der Waals surface area contributed by atoms with Crippen LogP contribution in [-0.4, -0.2) is 48.3 Å². The summed E-state index contributed by atoms with van der Waals surface area (Å²) in [5.41, 5.74) is 1.75. The van der Waals surface area contributed by atoms with Gasteiger partial charge in [0.25, 0.3) is 5.91 Å². The summed E-state index contributed by atoms with van der Waals surface area (Å²) >= 11 is 0. The lowest BCUT2D eigenvalue weighted by molar-refractivity contribution is -0.154. The number of ketones is 1. The summed E-state index contributed by atoms with van der Waals surface area (Å²) in [6, 6.07) is 7.49. The summed E-state index contributed by atoms with van der Waals surface area (Å²) in [6.45, 7) is 2.27. The number of amides is 1. The molecule has 6 heteroatoms. The van der Waals surface area contributed by atoms with E-state index in [1.807, 2.05) is 24.3 Å². The van der Waals surface area contributed by atoms with Crippen LogP contribution in [0.15, 0.2) is 24.3 Å². The maximum atomic E-state index is 13.0. The molecule has 1 amide bonds. The van der Waals surface area contributed by atoms with Crippen LogP contribution in [0.5, 0.6) is 0 Å². The molecule has 0 saturated heterocycles. The number of carbonyl (C=O) groups is 3. The zero-order chi connectivity index (χ0) is 18.5. The number of nitrogens with zero attached hydrogens (tertiary/aromatic N) is 1. The topological polar surface area (TPSA) is 75.7 Å². The number of carbonyl (C=O) groups excluding carboxylic acids is 3. The molecule has 3 rings (SSSR count). The first-order chi connectivity index (χ1) is 12.6. The Balaban J connectivity index is 1.77. The van der Waals surface area contributed by atoms with Gasteiger partial charge in [0, 0.05) is 18.3 Å². The van der Waals surface area contributed by atoms with E-state index >= 15 is 0 Å². The van der Waals surface area contributed by atoms with Gasteiger partial charge in [0.1, 0.15) is 6.54 Å². The highest BCUT2D eigenvalue weighted by atomic mass is 16.5. The standard InChI is InChI=1S/C20H26N2O4/c1-2-26-18(23)13-22(14-8-4-3-5-9-14)20(25)19(24)16-12-21-17-11-7-6-10-15(16)17/h6-7,10-11,14,16,21H,2-5,8-9,12-13H2,1H3.